The van der Waals surface area contributed by atoms with Gasteiger partial charge in [-0.3, -0.25) is 9.11 Å². The fraction of sp³-hybridized carbons (Fsp3) is 0.120. The van der Waals surface area contributed by atoms with Gasteiger partial charge in [-0.05, 0) is 60.8 Å². The normalized spacial score (nSPS) is 12.9. The Morgan fingerprint density at radius 3 is 1.95 bits per heavy atom. The molecular formula is C25H23N5O10S3. The second-order valence-corrected chi connectivity index (χ2v) is 13.5. The van der Waals surface area contributed by atoms with Crippen LogP contribution >= 0.6 is 0 Å². The highest BCUT2D eigenvalue weighted by Gasteiger charge is 2.23. The summed E-state index contributed by atoms with van der Waals surface area (Å²) in [6.07, 6.45) is 0. The Kier molecular flexibility index (Phi) is 8.90. The number of nitrogens with two attached hydrogens (primary N) is 1. The lowest BCUT2D eigenvalue weighted by Crippen LogP contribution is -2.15. The van der Waals surface area contributed by atoms with Crippen LogP contribution in [0.1, 0.15) is 5.56 Å². The monoisotopic (exact) mass is 649 g/mol. The summed E-state index contributed by atoms with van der Waals surface area (Å²) < 4.78 is 92.8. The third-order valence-electron chi connectivity index (χ3n) is 5.86. The number of hydrogen-bond acceptors (Lipinski definition) is 13. The van der Waals surface area contributed by atoms with E-state index in [0.717, 1.165) is 23.8 Å². The molecule has 4 rings (SSSR count). The number of nitrogens with zero attached hydrogens (tertiary/aromatic N) is 4. The molecule has 4 aromatic rings. The van der Waals surface area contributed by atoms with Crippen LogP contribution < -0.4 is 5.73 Å². The van der Waals surface area contributed by atoms with Crippen molar-refractivity contribution in [1.29, 1.82) is 0 Å². The second-order valence-electron chi connectivity index (χ2n) is 8.94. The van der Waals surface area contributed by atoms with Crippen LogP contribution in [0.25, 0.3) is 10.8 Å². The number of azo groups is 2. The van der Waals surface area contributed by atoms with Gasteiger partial charge in [0.25, 0.3) is 10.1 Å². The van der Waals surface area contributed by atoms with Gasteiger partial charge in [-0.15, -0.1) is 10.2 Å². The molecule has 0 atom stereocenters. The molecule has 226 valence electrons. The first-order chi connectivity index (χ1) is 20.0. The third kappa shape index (κ3) is 7.74. The molecule has 15 nitrogen and oxygen atoms in total. The molecule has 0 spiro atoms. The SMILES string of the molecule is Cc1ccc(N=Nc2ccc3cc(S(=O)(=O)O)c(N=Nc4ccc(S(=O)(=O)CCOS(=O)(=O)O)cc4)c(N)c3c2O)cc1. The standard InChI is InChI=1S/C25H23N5O10S3/c1-15-2-5-17(6-3-15)27-29-20-11-4-16-14-21(42(34,35)36)24(23(26)22(16)25(20)31)30-28-18-7-9-19(10-8-18)41(32,33)13-12-40-43(37,38)39/h2-11,14,31H,12-13,26H2,1H3,(H,34,35,36)(H,37,38,39). The molecule has 0 fully saturated rings. The lowest BCUT2D eigenvalue weighted by molar-refractivity contribution is 0.284. The quantitative estimate of drug-likeness (QED) is 0.0998. The first-order valence-corrected chi connectivity index (χ1v) is 16.4. The molecule has 0 heterocycles. The maximum atomic E-state index is 12.4. The Bertz CT molecular complexity index is 2080. The van der Waals surface area contributed by atoms with E-state index in [9.17, 15) is 34.9 Å². The summed E-state index contributed by atoms with van der Waals surface area (Å²) in [5.74, 6) is -1.19. The molecule has 18 heteroatoms. The molecule has 43 heavy (non-hydrogen) atoms. The van der Waals surface area contributed by atoms with E-state index >= 15 is 0 Å². The Morgan fingerprint density at radius 1 is 0.791 bits per heavy atom. The fourth-order valence-electron chi connectivity index (χ4n) is 3.76. The van der Waals surface area contributed by atoms with Crippen molar-refractivity contribution in [2.45, 2.75) is 16.7 Å². The average Bonchev–Trinajstić information content (AvgIpc) is 2.91. The third-order valence-corrected chi connectivity index (χ3v) is 8.89. The minimum atomic E-state index is -4.88. The molecule has 0 saturated heterocycles. The van der Waals surface area contributed by atoms with Crippen LogP contribution in [-0.4, -0.2) is 51.8 Å². The van der Waals surface area contributed by atoms with Crippen molar-refractivity contribution in [2.75, 3.05) is 18.1 Å². The molecule has 0 bridgehead atoms. The topological polar surface area (TPSA) is 248 Å². The van der Waals surface area contributed by atoms with Gasteiger partial charge >= 0.3 is 10.4 Å². The number of nitrogen functional groups attached to an aromatic ring is 1. The number of aromatic hydroxyl groups is 1. The Balaban J connectivity index is 1.70. The molecule has 0 saturated carbocycles. The van der Waals surface area contributed by atoms with Gasteiger partial charge in [0.05, 0.1) is 39.7 Å². The van der Waals surface area contributed by atoms with E-state index in [1.807, 2.05) is 19.1 Å². The first-order valence-electron chi connectivity index (χ1n) is 12.0. The summed E-state index contributed by atoms with van der Waals surface area (Å²) in [6, 6.07) is 15.6. The number of fused-ring (bicyclic) bond motifs is 1. The summed E-state index contributed by atoms with van der Waals surface area (Å²) >= 11 is 0. The molecule has 0 radical (unpaired) electrons. The van der Waals surface area contributed by atoms with E-state index < -0.39 is 59.0 Å². The minimum absolute atomic E-state index is 0.0149. The van der Waals surface area contributed by atoms with E-state index in [1.54, 1.807) is 12.1 Å². The van der Waals surface area contributed by atoms with Gasteiger partial charge < -0.3 is 10.8 Å². The maximum Gasteiger partial charge on any atom is 0.397 e. The van der Waals surface area contributed by atoms with Gasteiger partial charge in [-0.2, -0.15) is 27.1 Å². The summed E-state index contributed by atoms with van der Waals surface area (Å²) in [5.41, 5.74) is 6.95. The zero-order valence-electron chi connectivity index (χ0n) is 22.1. The number of phenolic OH excluding ortho intramolecular Hbond substituents is 1. The predicted octanol–water partition coefficient (Wildman–Crippen LogP) is 5.11. The largest absolute Gasteiger partial charge is 0.505 e. The van der Waals surface area contributed by atoms with Crippen LogP contribution in [0.5, 0.6) is 5.75 Å². The van der Waals surface area contributed by atoms with Gasteiger partial charge in [-0.25, -0.2) is 12.6 Å². The van der Waals surface area contributed by atoms with Crippen LogP contribution in [-0.2, 0) is 34.5 Å². The highest BCUT2D eigenvalue weighted by atomic mass is 32.3. The zero-order valence-corrected chi connectivity index (χ0v) is 24.5. The van der Waals surface area contributed by atoms with E-state index in [0.29, 0.717) is 5.69 Å². The van der Waals surface area contributed by atoms with Gasteiger partial charge in [-0.1, -0.05) is 23.8 Å². The van der Waals surface area contributed by atoms with Crippen molar-refractivity contribution in [3.63, 3.8) is 0 Å². The zero-order chi connectivity index (χ0) is 31.6. The van der Waals surface area contributed by atoms with Crippen LogP contribution in [0.4, 0.5) is 28.4 Å². The summed E-state index contributed by atoms with van der Waals surface area (Å²) in [4.78, 5) is -0.931. The molecule has 4 aromatic carbocycles. The fourth-order valence-corrected chi connectivity index (χ4v) is 5.92. The first kappa shape index (κ1) is 31.6. The Hall–Kier alpha value is -4.33. The van der Waals surface area contributed by atoms with Gasteiger partial charge in [0.2, 0.25) is 0 Å². The van der Waals surface area contributed by atoms with Crippen molar-refractivity contribution < 1.29 is 43.6 Å². The molecule has 0 aliphatic rings. The molecule has 5 N–H and O–H groups in total. The maximum absolute atomic E-state index is 12.4. The van der Waals surface area contributed by atoms with E-state index in [4.69, 9.17) is 10.3 Å². The van der Waals surface area contributed by atoms with Crippen LogP contribution in [0.3, 0.4) is 0 Å². The summed E-state index contributed by atoms with van der Waals surface area (Å²) in [7, 11) is -13.7. The van der Waals surface area contributed by atoms with Crippen LogP contribution in [0.2, 0.25) is 0 Å². The van der Waals surface area contributed by atoms with Crippen molar-refractivity contribution in [2.24, 2.45) is 20.5 Å². The van der Waals surface area contributed by atoms with Crippen LogP contribution in [0, 0.1) is 6.92 Å². The number of benzene rings is 4. The van der Waals surface area contributed by atoms with Crippen LogP contribution in [0.15, 0.2) is 97.0 Å². The number of phenols is 1. The van der Waals surface area contributed by atoms with Gasteiger partial charge in [0, 0.05) is 0 Å². The summed E-state index contributed by atoms with van der Waals surface area (Å²) in [6.45, 7) is 1.09. The summed E-state index contributed by atoms with van der Waals surface area (Å²) in [5, 5.41) is 26.9. The van der Waals surface area contributed by atoms with Gasteiger partial charge in [0.1, 0.15) is 16.3 Å². The average molecular weight is 650 g/mol. The second kappa shape index (κ2) is 12.1. The molecule has 0 aromatic heterocycles. The molecule has 0 aliphatic carbocycles. The number of sulfone groups is 1. The Morgan fingerprint density at radius 2 is 1.37 bits per heavy atom. The van der Waals surface area contributed by atoms with Gasteiger partial charge in [0.15, 0.2) is 15.6 Å². The number of rotatable bonds is 10. The van der Waals surface area contributed by atoms with Crippen molar-refractivity contribution in [3.8, 4) is 5.75 Å². The lowest BCUT2D eigenvalue weighted by atomic mass is 10.1. The highest BCUT2D eigenvalue weighted by molar-refractivity contribution is 7.91. The van der Waals surface area contributed by atoms with Crippen molar-refractivity contribution in [1.82, 2.24) is 0 Å². The lowest BCUT2D eigenvalue weighted by Gasteiger charge is -2.12. The minimum Gasteiger partial charge on any atom is -0.505 e. The van der Waals surface area contributed by atoms with Crippen molar-refractivity contribution >= 4 is 69.6 Å². The number of anilines is 1. The number of aryl methyl sites for hydroxylation is 1. The molecule has 0 aliphatic heterocycles. The van der Waals surface area contributed by atoms with E-state index in [2.05, 4.69) is 24.6 Å². The number of hydrogen-bond donors (Lipinski definition) is 4. The highest BCUT2D eigenvalue weighted by Crippen LogP contribution is 2.45. The van der Waals surface area contributed by atoms with Crippen molar-refractivity contribution in [3.05, 3.63) is 72.3 Å². The van der Waals surface area contributed by atoms with E-state index in [-0.39, 0.29) is 32.7 Å². The smallest absolute Gasteiger partial charge is 0.397 e. The Labute approximate surface area is 246 Å². The predicted molar refractivity (Wildman–Crippen MR) is 155 cm³/mol. The van der Waals surface area contributed by atoms with E-state index in [1.165, 1.54) is 24.3 Å². The molecular weight excluding hydrogens is 627 g/mol. The molecule has 0 amide bonds. The molecule has 0 unspecified atom stereocenters.